The van der Waals surface area contributed by atoms with E-state index in [0.717, 1.165) is 31.4 Å². The molecule has 2 aromatic carbocycles. The number of nitriles is 1. The van der Waals surface area contributed by atoms with Gasteiger partial charge in [-0.2, -0.15) is 5.26 Å². The Hall–Kier alpha value is -4.80. The van der Waals surface area contributed by atoms with Crippen molar-refractivity contribution in [3.8, 4) is 23.2 Å². The Kier molecular flexibility index (Phi) is 12.0. The summed E-state index contributed by atoms with van der Waals surface area (Å²) in [6, 6.07) is 12.3. The van der Waals surface area contributed by atoms with Crippen molar-refractivity contribution in [2.45, 2.75) is 47.1 Å². The summed E-state index contributed by atoms with van der Waals surface area (Å²) in [4.78, 5) is 19.5. The van der Waals surface area contributed by atoms with Gasteiger partial charge in [-0.15, -0.1) is 5.10 Å². The van der Waals surface area contributed by atoms with Crippen LogP contribution in [-0.2, 0) is 17.8 Å². The lowest BCUT2D eigenvalue weighted by Crippen LogP contribution is -2.30. The maximum Gasteiger partial charge on any atom is 0.304 e. The normalized spacial score (nSPS) is 13.1. The van der Waals surface area contributed by atoms with E-state index in [4.69, 9.17) is 20.6 Å². The summed E-state index contributed by atoms with van der Waals surface area (Å²) in [5.41, 5.74) is 2.70. The lowest BCUT2D eigenvalue weighted by atomic mass is 9.94. The molecule has 0 saturated carbocycles. The van der Waals surface area contributed by atoms with E-state index in [2.05, 4.69) is 34.0 Å². The molecule has 1 fully saturated rings. The number of pyridine rings is 1. The van der Waals surface area contributed by atoms with E-state index < -0.39 is 23.4 Å². The highest BCUT2D eigenvalue weighted by molar-refractivity contribution is 5.89. The molecule has 5 rings (SSSR count). The van der Waals surface area contributed by atoms with Crippen LogP contribution in [0.1, 0.15) is 67.2 Å². The number of aromatic amines is 1. The van der Waals surface area contributed by atoms with Crippen LogP contribution in [0.2, 0.25) is 0 Å². The number of rotatable bonds is 7. The highest BCUT2D eigenvalue weighted by Gasteiger charge is 2.23. The summed E-state index contributed by atoms with van der Waals surface area (Å²) in [5.74, 6) is 2.18. The van der Waals surface area contributed by atoms with E-state index in [1.807, 2.05) is 25.3 Å². The minimum atomic E-state index is -0.747. The minimum Gasteiger partial charge on any atom is -0.473 e. The second kappa shape index (κ2) is 15.6. The van der Waals surface area contributed by atoms with Gasteiger partial charge < -0.3 is 9.47 Å². The zero-order valence-corrected chi connectivity index (χ0v) is 24.9. The zero-order chi connectivity index (χ0) is 32.3. The number of ether oxygens (including phenoxy) is 2. The third-order valence-electron chi connectivity index (χ3n) is 6.33. The molecule has 1 aliphatic heterocycles. The third kappa shape index (κ3) is 9.10. The highest BCUT2D eigenvalue weighted by Crippen LogP contribution is 2.27. The van der Waals surface area contributed by atoms with Crippen LogP contribution in [0.5, 0.6) is 5.88 Å². The van der Waals surface area contributed by atoms with E-state index in [-0.39, 0.29) is 58.5 Å². The Morgan fingerprint density at radius 2 is 1.84 bits per heavy atom. The molecule has 10 nitrogen and oxygen atoms in total. The average molecular weight is 610 g/mol. The Bertz CT molecular complexity index is 1610. The van der Waals surface area contributed by atoms with E-state index >= 15 is 0 Å². The number of nitrogens with zero attached hydrogens (tertiary/aromatic N) is 4. The smallest absolute Gasteiger partial charge is 0.304 e. The van der Waals surface area contributed by atoms with Crippen LogP contribution in [0.25, 0.3) is 11.3 Å². The molecule has 4 N–H and O–H groups in total. The number of carbonyl (C=O) groups excluding carboxylic acids is 1. The summed E-state index contributed by atoms with van der Waals surface area (Å²) in [7, 11) is 0. The second-order valence-electron chi connectivity index (χ2n) is 10.2. The van der Waals surface area contributed by atoms with Crippen LogP contribution >= 0.6 is 0 Å². The van der Waals surface area contributed by atoms with Crippen LogP contribution in [-0.4, -0.2) is 39.3 Å². The van der Waals surface area contributed by atoms with Gasteiger partial charge >= 0.3 is 5.91 Å². The van der Waals surface area contributed by atoms with Crippen molar-refractivity contribution < 1.29 is 27.4 Å². The van der Waals surface area contributed by atoms with Crippen molar-refractivity contribution in [2.24, 2.45) is 11.3 Å². The number of nitrogens with one attached hydrogen (secondary N) is 2. The van der Waals surface area contributed by atoms with Gasteiger partial charge in [0.25, 0.3) is 0 Å². The Balaban J connectivity index is 0.000000510. The predicted molar refractivity (Wildman–Crippen MR) is 156 cm³/mol. The SMILES string of the molecule is CC.CC1(C)CCOC1.N#Cc1ccc(COc2cccc(-c3cc(F)c(Cc4nc(C(=O)NN)n[nH]4)cc3F)n2)c(F)c1. The molecule has 0 aliphatic carbocycles. The van der Waals surface area contributed by atoms with E-state index in [0.29, 0.717) is 5.41 Å². The van der Waals surface area contributed by atoms with E-state index in [1.54, 1.807) is 0 Å². The molecular weight excluding hydrogens is 575 g/mol. The first-order chi connectivity index (χ1) is 21.1. The van der Waals surface area contributed by atoms with Gasteiger partial charge in [0.05, 0.1) is 23.9 Å². The Morgan fingerprint density at radius 1 is 1.09 bits per heavy atom. The number of benzene rings is 2. The molecule has 4 aromatic rings. The standard InChI is InChI=1S/C23H16F3N7O2.C6H12O.C2H6/c24-16-6-12(10-27)4-5-13(16)11-35-21-3-1-2-19(29-21)15-9-17(25)14(7-18(15)26)8-20-30-22(33-32-20)23(34)31-28;1-6(2)3-4-7-5-6;1-2/h1-7,9H,8,11,28H2,(H,31,34)(H,30,32,33);3-5H2,1-2H3;1-2H3. The number of nitrogens with two attached hydrogens (primary N) is 1. The monoisotopic (exact) mass is 609 g/mol. The lowest BCUT2D eigenvalue weighted by Gasteiger charge is -2.11. The largest absolute Gasteiger partial charge is 0.473 e. The minimum absolute atomic E-state index is 0.0224. The quantitative estimate of drug-likeness (QED) is 0.143. The van der Waals surface area contributed by atoms with Crippen molar-refractivity contribution in [1.82, 2.24) is 25.6 Å². The van der Waals surface area contributed by atoms with Gasteiger partial charge in [-0.25, -0.2) is 29.0 Å². The molecule has 0 unspecified atom stereocenters. The average Bonchev–Trinajstić information content (AvgIpc) is 3.67. The van der Waals surface area contributed by atoms with Crippen LogP contribution < -0.4 is 16.0 Å². The number of aromatic nitrogens is 4. The fourth-order valence-electron chi connectivity index (χ4n) is 3.94. The van der Waals surface area contributed by atoms with Crippen LogP contribution in [0.4, 0.5) is 13.2 Å². The van der Waals surface area contributed by atoms with Crippen LogP contribution in [0, 0.1) is 34.2 Å². The molecule has 44 heavy (non-hydrogen) atoms. The van der Waals surface area contributed by atoms with E-state index in [1.165, 1.54) is 36.8 Å². The van der Waals surface area contributed by atoms with Gasteiger partial charge in [-0.1, -0.05) is 39.8 Å². The molecule has 0 bridgehead atoms. The summed E-state index contributed by atoms with van der Waals surface area (Å²) >= 11 is 0. The molecule has 232 valence electrons. The highest BCUT2D eigenvalue weighted by atomic mass is 19.1. The van der Waals surface area contributed by atoms with Crippen molar-refractivity contribution in [3.05, 3.63) is 94.3 Å². The third-order valence-corrected chi connectivity index (χ3v) is 6.33. The van der Waals surface area contributed by atoms with Gasteiger partial charge in [0.15, 0.2) is 0 Å². The second-order valence-corrected chi connectivity index (χ2v) is 10.2. The molecule has 3 heterocycles. The molecule has 1 aliphatic rings. The van der Waals surface area contributed by atoms with Gasteiger partial charge in [0.2, 0.25) is 11.7 Å². The van der Waals surface area contributed by atoms with Gasteiger partial charge in [-0.3, -0.25) is 15.3 Å². The lowest BCUT2D eigenvalue weighted by molar-refractivity contribution is 0.0943. The molecule has 13 heteroatoms. The predicted octanol–water partition coefficient (Wildman–Crippen LogP) is 5.39. The molecule has 0 atom stereocenters. The van der Waals surface area contributed by atoms with Crippen molar-refractivity contribution in [3.63, 3.8) is 0 Å². The molecule has 1 amide bonds. The van der Waals surface area contributed by atoms with Crippen molar-refractivity contribution in [1.29, 1.82) is 5.26 Å². The maximum atomic E-state index is 14.9. The number of carbonyl (C=O) groups is 1. The fraction of sp³-hybridized carbons (Fsp3) is 0.323. The van der Waals surface area contributed by atoms with Crippen LogP contribution in [0.15, 0.2) is 48.5 Å². The van der Waals surface area contributed by atoms with Gasteiger partial charge in [-0.05, 0) is 47.7 Å². The number of hydrogen-bond acceptors (Lipinski definition) is 8. The molecule has 1 saturated heterocycles. The topological polar surface area (TPSA) is 152 Å². The van der Waals surface area contributed by atoms with Crippen molar-refractivity contribution >= 4 is 5.91 Å². The van der Waals surface area contributed by atoms with Crippen LogP contribution in [0.3, 0.4) is 0 Å². The Labute approximate surface area is 253 Å². The summed E-state index contributed by atoms with van der Waals surface area (Å²) in [5, 5.41) is 14.9. The number of hydrazine groups is 1. The number of amides is 1. The maximum absolute atomic E-state index is 14.9. The first-order valence-corrected chi connectivity index (χ1v) is 13.8. The van der Waals surface area contributed by atoms with Crippen molar-refractivity contribution in [2.75, 3.05) is 13.2 Å². The molecule has 0 radical (unpaired) electrons. The zero-order valence-electron chi connectivity index (χ0n) is 24.9. The first kappa shape index (κ1) is 33.7. The molecule has 2 aromatic heterocycles. The molecule has 0 spiro atoms. The Morgan fingerprint density at radius 3 is 2.45 bits per heavy atom. The van der Waals surface area contributed by atoms with Gasteiger partial charge in [0.1, 0.15) is 29.9 Å². The number of halogens is 3. The number of nitrogen functional groups attached to an aromatic ring is 1. The summed E-state index contributed by atoms with van der Waals surface area (Å²) < 4.78 is 54.3. The summed E-state index contributed by atoms with van der Waals surface area (Å²) in [6.45, 7) is 10.2. The number of H-pyrrole nitrogens is 1. The van der Waals surface area contributed by atoms with Gasteiger partial charge in [0, 0.05) is 30.2 Å². The number of hydrogen-bond donors (Lipinski definition) is 3. The van der Waals surface area contributed by atoms with E-state index in [9.17, 15) is 18.0 Å². The fourth-order valence-corrected chi connectivity index (χ4v) is 3.94. The summed E-state index contributed by atoms with van der Waals surface area (Å²) in [6.07, 6.45) is 1.08. The molecular formula is C31H34F3N7O3. The first-order valence-electron chi connectivity index (χ1n) is 13.8.